The lowest BCUT2D eigenvalue weighted by Gasteiger charge is -2.06. The molecule has 6 heteroatoms. The molecule has 2 N–H and O–H groups in total. The summed E-state index contributed by atoms with van der Waals surface area (Å²) in [6.07, 6.45) is 3.55. The normalized spacial score (nSPS) is 10.7. The molecule has 4 rings (SSSR count). The number of methoxy groups -OCH3 is 1. The molecule has 0 atom stereocenters. The number of nitrogens with two attached hydrogens (primary N) is 1. The predicted octanol–water partition coefficient (Wildman–Crippen LogP) is 4.52. The van der Waals surface area contributed by atoms with E-state index in [2.05, 4.69) is 15.0 Å². The predicted molar refractivity (Wildman–Crippen MR) is 105 cm³/mol. The topological polar surface area (TPSA) is 73.9 Å². The van der Waals surface area contributed by atoms with Crippen LogP contribution in [0.15, 0.2) is 67.0 Å². The summed E-state index contributed by atoms with van der Waals surface area (Å²) < 4.78 is 5.22. The van der Waals surface area contributed by atoms with Crippen molar-refractivity contribution in [3.8, 4) is 38.8 Å². The Labute approximate surface area is 155 Å². The maximum atomic E-state index is 5.99. The van der Waals surface area contributed by atoms with E-state index in [4.69, 9.17) is 10.5 Å². The Kier molecular flexibility index (Phi) is 4.33. The quantitative estimate of drug-likeness (QED) is 0.579. The van der Waals surface area contributed by atoms with E-state index in [0.717, 1.165) is 38.8 Å². The molecule has 1 aromatic carbocycles. The van der Waals surface area contributed by atoms with Gasteiger partial charge in [0.15, 0.2) is 5.13 Å². The number of ether oxygens (including phenoxy) is 1. The summed E-state index contributed by atoms with van der Waals surface area (Å²) >= 11 is 1.45. The smallest absolute Gasteiger partial charge is 0.181 e. The van der Waals surface area contributed by atoms with E-state index in [1.165, 1.54) is 11.3 Å². The summed E-state index contributed by atoms with van der Waals surface area (Å²) in [6.45, 7) is 0. The fourth-order valence-corrected chi connectivity index (χ4v) is 3.54. The number of hydrogen-bond acceptors (Lipinski definition) is 6. The average molecular weight is 360 g/mol. The van der Waals surface area contributed by atoms with Crippen LogP contribution < -0.4 is 10.5 Å². The van der Waals surface area contributed by atoms with Crippen LogP contribution in [0.25, 0.3) is 33.1 Å². The first-order valence-corrected chi connectivity index (χ1v) is 8.85. The summed E-state index contributed by atoms with van der Waals surface area (Å²) in [5.41, 5.74) is 10.5. The van der Waals surface area contributed by atoms with Gasteiger partial charge in [-0.25, -0.2) is 4.98 Å². The first-order chi connectivity index (χ1) is 12.7. The van der Waals surface area contributed by atoms with E-state index in [9.17, 15) is 0 Å². The highest BCUT2D eigenvalue weighted by atomic mass is 32.1. The van der Waals surface area contributed by atoms with Crippen LogP contribution in [-0.4, -0.2) is 22.1 Å². The molecule has 128 valence electrons. The van der Waals surface area contributed by atoms with Crippen LogP contribution in [0.5, 0.6) is 5.75 Å². The van der Waals surface area contributed by atoms with E-state index in [1.807, 2.05) is 54.6 Å². The van der Waals surface area contributed by atoms with Crippen LogP contribution in [0.1, 0.15) is 0 Å². The number of aromatic nitrogens is 3. The minimum absolute atomic E-state index is 0.517. The van der Waals surface area contributed by atoms with Crippen LogP contribution in [0.4, 0.5) is 5.13 Å². The lowest BCUT2D eigenvalue weighted by Crippen LogP contribution is -1.89. The number of anilines is 1. The minimum Gasteiger partial charge on any atom is -0.497 e. The van der Waals surface area contributed by atoms with Gasteiger partial charge in [-0.1, -0.05) is 17.4 Å². The Morgan fingerprint density at radius 3 is 2.42 bits per heavy atom. The summed E-state index contributed by atoms with van der Waals surface area (Å²) in [4.78, 5) is 14.4. The van der Waals surface area contributed by atoms with E-state index in [0.29, 0.717) is 5.13 Å². The molecule has 0 aliphatic heterocycles. The Bertz CT molecular complexity index is 1030. The van der Waals surface area contributed by atoms with Gasteiger partial charge in [0.25, 0.3) is 0 Å². The molecule has 0 saturated heterocycles. The van der Waals surface area contributed by atoms with Gasteiger partial charge in [0.2, 0.25) is 0 Å². The Morgan fingerprint density at radius 1 is 0.885 bits per heavy atom. The highest BCUT2D eigenvalue weighted by Crippen LogP contribution is 2.38. The first-order valence-electron chi connectivity index (χ1n) is 8.03. The molecule has 0 aliphatic rings. The van der Waals surface area contributed by atoms with E-state index >= 15 is 0 Å². The summed E-state index contributed by atoms with van der Waals surface area (Å²) in [5, 5.41) is 0.517. The van der Waals surface area contributed by atoms with Gasteiger partial charge < -0.3 is 10.5 Å². The van der Waals surface area contributed by atoms with E-state index in [1.54, 1.807) is 19.5 Å². The maximum Gasteiger partial charge on any atom is 0.181 e. The molecule has 0 saturated carbocycles. The molecule has 0 unspecified atom stereocenters. The number of nitrogens with zero attached hydrogens (tertiary/aromatic N) is 3. The largest absolute Gasteiger partial charge is 0.497 e. The molecule has 0 fully saturated rings. The van der Waals surface area contributed by atoms with Crippen LogP contribution in [0.3, 0.4) is 0 Å². The number of pyridine rings is 2. The number of rotatable bonds is 4. The van der Waals surface area contributed by atoms with Crippen LogP contribution in [0, 0.1) is 0 Å². The third kappa shape index (κ3) is 3.14. The minimum atomic E-state index is 0.517. The number of benzene rings is 1. The second-order valence-corrected chi connectivity index (χ2v) is 6.63. The molecule has 0 bridgehead atoms. The lowest BCUT2D eigenvalue weighted by molar-refractivity contribution is 0.415. The van der Waals surface area contributed by atoms with Crippen molar-refractivity contribution in [1.29, 1.82) is 0 Å². The zero-order chi connectivity index (χ0) is 17.9. The molecular formula is C20H16N4OS. The molecule has 26 heavy (non-hydrogen) atoms. The Morgan fingerprint density at radius 2 is 1.69 bits per heavy atom. The van der Waals surface area contributed by atoms with Crippen molar-refractivity contribution in [2.24, 2.45) is 0 Å². The van der Waals surface area contributed by atoms with Gasteiger partial charge in [0.1, 0.15) is 11.4 Å². The number of nitrogen functional groups attached to an aromatic ring is 1. The summed E-state index contributed by atoms with van der Waals surface area (Å²) in [7, 11) is 1.65. The van der Waals surface area contributed by atoms with Crippen molar-refractivity contribution in [1.82, 2.24) is 15.0 Å². The maximum absolute atomic E-state index is 5.99. The molecule has 5 nitrogen and oxygen atoms in total. The van der Waals surface area contributed by atoms with E-state index in [-0.39, 0.29) is 0 Å². The van der Waals surface area contributed by atoms with Crippen molar-refractivity contribution < 1.29 is 4.74 Å². The van der Waals surface area contributed by atoms with Crippen molar-refractivity contribution in [2.75, 3.05) is 12.8 Å². The Balaban J connectivity index is 1.78. The number of hydrogen-bond donors (Lipinski definition) is 1. The monoisotopic (exact) mass is 360 g/mol. The van der Waals surface area contributed by atoms with Gasteiger partial charge in [-0.3, -0.25) is 9.97 Å². The van der Waals surface area contributed by atoms with Gasteiger partial charge in [0, 0.05) is 18.0 Å². The van der Waals surface area contributed by atoms with Crippen LogP contribution in [-0.2, 0) is 0 Å². The zero-order valence-corrected chi connectivity index (χ0v) is 14.9. The molecule has 0 spiro atoms. The second kappa shape index (κ2) is 6.93. The van der Waals surface area contributed by atoms with Gasteiger partial charge in [-0.15, -0.1) is 0 Å². The molecule has 0 amide bonds. The summed E-state index contributed by atoms with van der Waals surface area (Å²) in [6, 6.07) is 17.6. The highest BCUT2D eigenvalue weighted by molar-refractivity contribution is 7.19. The van der Waals surface area contributed by atoms with Gasteiger partial charge >= 0.3 is 0 Å². The zero-order valence-electron chi connectivity index (χ0n) is 14.1. The van der Waals surface area contributed by atoms with Crippen LogP contribution in [0.2, 0.25) is 0 Å². The molecule has 3 heterocycles. The fraction of sp³-hybridized carbons (Fsp3) is 0.0500. The molecule has 4 aromatic rings. The second-order valence-electron chi connectivity index (χ2n) is 5.60. The van der Waals surface area contributed by atoms with Gasteiger partial charge in [0.05, 0.1) is 23.4 Å². The first kappa shape index (κ1) is 16.2. The molecular weight excluding hydrogens is 344 g/mol. The van der Waals surface area contributed by atoms with Crippen molar-refractivity contribution in [2.45, 2.75) is 0 Å². The lowest BCUT2D eigenvalue weighted by atomic mass is 10.1. The average Bonchev–Trinajstić information content (AvgIpc) is 3.11. The molecule has 3 aromatic heterocycles. The third-order valence-corrected chi connectivity index (χ3v) is 4.89. The molecule has 0 aliphatic carbocycles. The third-order valence-electron chi connectivity index (χ3n) is 3.96. The van der Waals surface area contributed by atoms with Gasteiger partial charge in [-0.2, -0.15) is 0 Å². The van der Waals surface area contributed by atoms with Crippen LogP contribution >= 0.6 is 11.3 Å². The standard InChI is InChI=1S/C20H16N4OS/c1-25-15-7-5-13(6-8-15)17-12-14(9-11-23-17)19-18(24-20(21)26-19)16-4-2-3-10-22-16/h2-12H,1H3,(H2,21,24). The fourth-order valence-electron chi connectivity index (χ4n) is 2.70. The Hall–Kier alpha value is -3.25. The van der Waals surface area contributed by atoms with Crippen molar-refractivity contribution in [3.63, 3.8) is 0 Å². The van der Waals surface area contributed by atoms with Crippen molar-refractivity contribution in [3.05, 3.63) is 67.0 Å². The van der Waals surface area contributed by atoms with Crippen molar-refractivity contribution >= 4 is 16.5 Å². The summed E-state index contributed by atoms with van der Waals surface area (Å²) in [5.74, 6) is 0.817. The SMILES string of the molecule is COc1ccc(-c2cc(-c3sc(N)nc3-c3ccccn3)ccn2)cc1. The number of thiazole rings is 1. The molecule has 0 radical (unpaired) electrons. The van der Waals surface area contributed by atoms with Gasteiger partial charge in [-0.05, 0) is 54.1 Å². The highest BCUT2D eigenvalue weighted by Gasteiger charge is 2.15. The van der Waals surface area contributed by atoms with E-state index < -0.39 is 0 Å².